The van der Waals surface area contributed by atoms with Crippen LogP contribution >= 0.6 is 31.9 Å². The number of halogens is 2. The number of hydrogen-bond donors (Lipinski definition) is 2. The minimum Gasteiger partial charge on any atom is -0.497 e. The summed E-state index contributed by atoms with van der Waals surface area (Å²) in [6.45, 7) is 6.31. The Morgan fingerprint density at radius 1 is 0.938 bits per heavy atom. The number of urea groups is 1. The summed E-state index contributed by atoms with van der Waals surface area (Å²) in [5.74, 6) is 0.149. The van der Waals surface area contributed by atoms with Crippen LogP contribution in [-0.2, 0) is 17.6 Å². The first-order valence-corrected chi connectivity index (χ1v) is 18.6. The van der Waals surface area contributed by atoms with Gasteiger partial charge in [-0.15, -0.1) is 0 Å². The van der Waals surface area contributed by atoms with Crippen molar-refractivity contribution in [2.75, 3.05) is 71.8 Å². The van der Waals surface area contributed by atoms with Crippen molar-refractivity contribution in [1.82, 2.24) is 24.5 Å². The molecule has 4 heterocycles. The lowest BCUT2D eigenvalue weighted by atomic mass is 9.82. The molecular formula is C35H46Br2N6O5. The fraction of sp³-hybridized carbons (Fsp3) is 0.571. The molecule has 2 N–H and O–H groups in total. The van der Waals surface area contributed by atoms with Gasteiger partial charge in [-0.2, -0.15) is 0 Å². The third kappa shape index (κ3) is 7.79. The van der Waals surface area contributed by atoms with E-state index in [1.165, 1.54) is 4.90 Å². The first kappa shape index (κ1) is 35.0. The van der Waals surface area contributed by atoms with Crippen LogP contribution in [0.2, 0.25) is 0 Å². The number of likely N-dealkylation sites (N-methyl/N-ethyl adjacent to an activating group) is 1. The quantitative estimate of drug-likeness (QED) is 0.397. The van der Waals surface area contributed by atoms with Crippen molar-refractivity contribution in [2.24, 2.45) is 5.92 Å². The maximum Gasteiger partial charge on any atom is 0.407 e. The zero-order chi connectivity index (χ0) is 33.9. The predicted octanol–water partition coefficient (Wildman–Crippen LogP) is 5.22. The second-order valence-corrected chi connectivity index (χ2v) is 15.3. The van der Waals surface area contributed by atoms with Gasteiger partial charge in [0.25, 0.3) is 0 Å². The Kier molecular flexibility index (Phi) is 11.2. The van der Waals surface area contributed by atoms with E-state index in [0.717, 1.165) is 70.5 Å². The van der Waals surface area contributed by atoms with Crippen LogP contribution in [-0.4, -0.2) is 132 Å². The van der Waals surface area contributed by atoms with Gasteiger partial charge in [-0.05, 0) is 119 Å². The number of nitrogens with zero attached hydrogens (tertiary/aromatic N) is 5. The van der Waals surface area contributed by atoms with Gasteiger partial charge in [0.1, 0.15) is 5.75 Å². The summed E-state index contributed by atoms with van der Waals surface area (Å²) >= 11 is 7.16. The molecule has 3 fully saturated rings. The average molecular weight is 791 g/mol. The summed E-state index contributed by atoms with van der Waals surface area (Å²) in [7, 11) is 3.79. The van der Waals surface area contributed by atoms with Gasteiger partial charge in [0.15, 0.2) is 0 Å². The average Bonchev–Trinajstić information content (AvgIpc) is 3.26. The first-order valence-electron chi connectivity index (χ1n) is 17.0. The lowest BCUT2D eigenvalue weighted by Crippen LogP contribution is -2.59. The van der Waals surface area contributed by atoms with Gasteiger partial charge in [-0.3, -0.25) is 9.69 Å². The molecule has 0 bridgehead atoms. The lowest BCUT2D eigenvalue weighted by Gasteiger charge is -2.46. The van der Waals surface area contributed by atoms with Crippen molar-refractivity contribution < 1.29 is 24.2 Å². The number of fused-ring (bicyclic) bond motifs is 1. The molecule has 4 aliphatic heterocycles. The predicted molar refractivity (Wildman–Crippen MR) is 192 cm³/mol. The van der Waals surface area contributed by atoms with E-state index in [2.05, 4.69) is 54.0 Å². The fourth-order valence-corrected chi connectivity index (χ4v) is 8.64. The topological polar surface area (TPSA) is 109 Å². The fourth-order valence-electron chi connectivity index (χ4n) is 7.96. The summed E-state index contributed by atoms with van der Waals surface area (Å²) in [4.78, 5) is 51.2. The first-order chi connectivity index (χ1) is 23.1. The number of piperidine rings is 2. The third-order valence-corrected chi connectivity index (χ3v) is 12.7. The normalized spacial score (nSPS) is 23.7. The van der Waals surface area contributed by atoms with Crippen molar-refractivity contribution in [1.29, 1.82) is 0 Å². The number of benzene rings is 2. The Labute approximate surface area is 299 Å². The monoisotopic (exact) mass is 788 g/mol. The molecule has 0 aliphatic carbocycles. The Hall–Kier alpha value is -2.87. The van der Waals surface area contributed by atoms with Crippen molar-refractivity contribution in [2.45, 2.75) is 56.7 Å². The van der Waals surface area contributed by atoms with Gasteiger partial charge in [0.2, 0.25) is 5.91 Å². The molecule has 13 heteroatoms. The maximum atomic E-state index is 14.6. The van der Waals surface area contributed by atoms with Gasteiger partial charge >= 0.3 is 12.1 Å². The van der Waals surface area contributed by atoms with Crippen molar-refractivity contribution in [3.63, 3.8) is 0 Å². The molecule has 48 heavy (non-hydrogen) atoms. The molecule has 260 valence electrons. The summed E-state index contributed by atoms with van der Waals surface area (Å²) in [5.41, 5.74) is 2.72. The van der Waals surface area contributed by atoms with Gasteiger partial charge in [-0.25, -0.2) is 9.59 Å². The number of carbonyl (C=O) groups is 3. The third-order valence-electron chi connectivity index (χ3n) is 10.8. The number of piperazine rings is 1. The highest BCUT2D eigenvalue weighted by Gasteiger charge is 2.44. The molecule has 4 aliphatic rings. The molecule has 0 spiro atoms. The highest BCUT2D eigenvalue weighted by atomic mass is 79.9. The Morgan fingerprint density at radius 3 is 2.35 bits per heavy atom. The number of anilines is 1. The standard InChI is InChI=1S/C35H46Br2N6O5/c1-39-15-17-40(18-16-39)25-8-11-41(12-9-25)33(44)28(19-23-3-5-29(36)30(37)20-23)32-22-26(10-14-43(32)35(46)47)42-13-7-24-21-27(48-2)4-6-31(24)38-34(42)45/h3-6,20-21,25-26,28,32H,7-19,22H2,1-2H3,(H,38,45)(H,46,47)/t26?,28?,32-/m1/s1. The van der Waals surface area contributed by atoms with Gasteiger partial charge in [-0.1, -0.05) is 6.07 Å². The maximum absolute atomic E-state index is 14.6. The Balaban J connectivity index is 1.23. The van der Waals surface area contributed by atoms with Crippen LogP contribution in [0.15, 0.2) is 45.3 Å². The van der Waals surface area contributed by atoms with Gasteiger partial charge in [0, 0.05) is 85.1 Å². The van der Waals surface area contributed by atoms with E-state index in [0.29, 0.717) is 51.4 Å². The molecule has 3 atom stereocenters. The summed E-state index contributed by atoms with van der Waals surface area (Å²) < 4.78 is 7.20. The summed E-state index contributed by atoms with van der Waals surface area (Å²) in [6.07, 6.45) is 2.76. The number of hydrogen-bond acceptors (Lipinski definition) is 6. The second-order valence-electron chi connectivity index (χ2n) is 13.6. The molecule has 11 nitrogen and oxygen atoms in total. The van der Waals surface area contributed by atoms with Crippen molar-refractivity contribution in [3.8, 4) is 5.75 Å². The molecule has 2 aromatic rings. The number of methoxy groups -OCH3 is 1. The lowest BCUT2D eigenvalue weighted by molar-refractivity contribution is -0.140. The van der Waals surface area contributed by atoms with E-state index in [-0.39, 0.29) is 24.5 Å². The number of carbonyl (C=O) groups excluding carboxylic acids is 2. The molecule has 6 rings (SSSR count). The molecule has 3 saturated heterocycles. The number of nitrogens with one attached hydrogen (secondary N) is 1. The molecule has 0 radical (unpaired) electrons. The number of carboxylic acid groups (broad SMARTS) is 1. The van der Waals surface area contributed by atoms with Crippen LogP contribution in [0.25, 0.3) is 0 Å². The zero-order valence-corrected chi connectivity index (χ0v) is 30.9. The molecular weight excluding hydrogens is 744 g/mol. The molecule has 2 aromatic carbocycles. The van der Waals surface area contributed by atoms with Crippen LogP contribution in [0, 0.1) is 5.92 Å². The van der Waals surface area contributed by atoms with Crippen molar-refractivity contribution >= 4 is 55.6 Å². The van der Waals surface area contributed by atoms with Gasteiger partial charge < -0.3 is 34.8 Å². The Morgan fingerprint density at radius 2 is 1.67 bits per heavy atom. The van der Waals surface area contributed by atoms with Crippen LogP contribution < -0.4 is 10.1 Å². The largest absolute Gasteiger partial charge is 0.497 e. The summed E-state index contributed by atoms with van der Waals surface area (Å²) in [6, 6.07) is 11.1. The minimum absolute atomic E-state index is 0.00240. The van der Waals surface area contributed by atoms with E-state index in [1.807, 2.05) is 46.2 Å². The second kappa shape index (κ2) is 15.3. The highest BCUT2D eigenvalue weighted by Crippen LogP contribution is 2.35. The number of rotatable bonds is 7. The molecule has 0 aromatic heterocycles. The zero-order valence-electron chi connectivity index (χ0n) is 27.7. The van der Waals surface area contributed by atoms with Crippen molar-refractivity contribution in [3.05, 3.63) is 56.5 Å². The number of amides is 4. The minimum atomic E-state index is -1.03. The van der Waals surface area contributed by atoms with Crippen LogP contribution in [0.4, 0.5) is 15.3 Å². The number of ether oxygens (including phenoxy) is 1. The van der Waals surface area contributed by atoms with E-state index in [1.54, 1.807) is 7.11 Å². The Bertz CT molecular complexity index is 1500. The van der Waals surface area contributed by atoms with Crippen LogP contribution in [0.5, 0.6) is 5.75 Å². The molecule has 2 unspecified atom stereocenters. The SMILES string of the molecule is COc1ccc2c(c1)CCN(C1CCN(C(=O)O)[C@@H](C(Cc3ccc(Br)c(Br)c3)C(=O)N3CCC(N4CCN(C)CC4)CC3)C1)C(=O)N2. The molecule has 0 saturated carbocycles. The van der Waals surface area contributed by atoms with Gasteiger partial charge in [0.05, 0.1) is 13.0 Å². The summed E-state index contributed by atoms with van der Waals surface area (Å²) in [5, 5.41) is 13.5. The van der Waals surface area contributed by atoms with E-state index >= 15 is 0 Å². The van der Waals surface area contributed by atoms with Crippen LogP contribution in [0.1, 0.15) is 36.8 Å². The van der Waals surface area contributed by atoms with E-state index < -0.39 is 18.1 Å². The number of likely N-dealkylation sites (tertiary alicyclic amines) is 2. The smallest absolute Gasteiger partial charge is 0.407 e. The van der Waals surface area contributed by atoms with E-state index in [9.17, 15) is 19.5 Å². The highest BCUT2D eigenvalue weighted by molar-refractivity contribution is 9.13. The van der Waals surface area contributed by atoms with E-state index in [4.69, 9.17) is 4.74 Å². The van der Waals surface area contributed by atoms with Crippen LogP contribution in [0.3, 0.4) is 0 Å². The molecule has 4 amide bonds.